The fraction of sp³-hybridized carbons (Fsp3) is 0.226. The van der Waals surface area contributed by atoms with Crippen LogP contribution in [0.4, 0.5) is 26.3 Å². The number of hydrogen-bond donors (Lipinski definition) is 1. The largest absolute Gasteiger partial charge is 0.416 e. The summed E-state index contributed by atoms with van der Waals surface area (Å²) in [5.41, 5.74) is -0.759. The average molecular weight is 574 g/mol. The van der Waals surface area contributed by atoms with Crippen LogP contribution in [0.25, 0.3) is 0 Å². The molecule has 1 N–H and O–H groups in total. The molecule has 1 amide bonds. The van der Waals surface area contributed by atoms with Gasteiger partial charge in [-0.05, 0) is 35.4 Å². The maximum absolute atomic E-state index is 13.2. The van der Waals surface area contributed by atoms with Gasteiger partial charge in [-0.25, -0.2) is 0 Å². The van der Waals surface area contributed by atoms with Gasteiger partial charge in [0.2, 0.25) is 0 Å². The molecule has 1 unspecified atom stereocenters. The molecule has 4 rings (SSSR count). The first-order valence-electron chi connectivity index (χ1n) is 12.7. The number of nitrogens with zero attached hydrogens (tertiary/aromatic N) is 1. The zero-order chi connectivity index (χ0) is 29.5. The molecule has 0 spiro atoms. The highest BCUT2D eigenvalue weighted by Crippen LogP contribution is 2.36. The Morgan fingerprint density at radius 3 is 2.00 bits per heavy atom. The number of carbonyl (C=O) groups excluding carboxylic acids is 1. The Morgan fingerprint density at radius 2 is 1.39 bits per heavy atom. The molecule has 0 aliphatic carbocycles. The number of halogens is 6. The van der Waals surface area contributed by atoms with Gasteiger partial charge in [-0.15, -0.1) is 0 Å². The lowest BCUT2D eigenvalue weighted by Crippen LogP contribution is -2.36. The van der Waals surface area contributed by atoms with E-state index in [1.165, 1.54) is 0 Å². The maximum atomic E-state index is 13.2. The smallest absolute Gasteiger partial charge is 0.376 e. The Balaban J connectivity index is 1.43. The Hall–Kier alpha value is -4.18. The molecule has 0 bridgehead atoms. The van der Waals surface area contributed by atoms with E-state index in [2.05, 4.69) is 5.32 Å². The second-order valence-electron chi connectivity index (χ2n) is 9.50. The molecular weight excluding hydrogens is 546 g/mol. The summed E-state index contributed by atoms with van der Waals surface area (Å²) in [6.45, 7) is 0.188. The highest BCUT2D eigenvalue weighted by Gasteiger charge is 2.36. The number of benzene rings is 3. The predicted octanol–water partition coefficient (Wildman–Crippen LogP) is 6.79. The summed E-state index contributed by atoms with van der Waals surface area (Å²) in [5, 5.41) is 2.87. The van der Waals surface area contributed by atoms with Gasteiger partial charge in [0.05, 0.1) is 24.3 Å². The molecule has 10 heteroatoms. The molecule has 0 radical (unpaired) electrons. The van der Waals surface area contributed by atoms with Gasteiger partial charge in [0.1, 0.15) is 5.56 Å². The lowest BCUT2D eigenvalue weighted by Gasteiger charge is -2.19. The van der Waals surface area contributed by atoms with Crippen LogP contribution >= 0.6 is 0 Å². The van der Waals surface area contributed by atoms with Crippen LogP contribution in [0.1, 0.15) is 44.1 Å². The minimum atomic E-state index is -4.94. The Morgan fingerprint density at radius 1 is 0.780 bits per heavy atom. The quantitative estimate of drug-likeness (QED) is 0.168. The first-order chi connectivity index (χ1) is 19.5. The number of aromatic nitrogens is 1. The number of carbonyl (C=O) groups is 1. The molecule has 0 aliphatic rings. The zero-order valence-electron chi connectivity index (χ0n) is 21.8. The van der Waals surface area contributed by atoms with E-state index in [1.807, 2.05) is 53.2 Å². The van der Waals surface area contributed by atoms with Crippen molar-refractivity contribution in [3.8, 4) is 0 Å². The molecule has 0 aliphatic heterocycles. The second kappa shape index (κ2) is 13.0. The van der Waals surface area contributed by atoms with Gasteiger partial charge in [-0.2, -0.15) is 30.9 Å². The molecule has 1 heterocycles. The Labute approximate surface area is 233 Å². The van der Waals surface area contributed by atoms with Crippen molar-refractivity contribution >= 4 is 5.91 Å². The van der Waals surface area contributed by atoms with Gasteiger partial charge in [-0.1, -0.05) is 60.7 Å². The van der Waals surface area contributed by atoms with Crippen molar-refractivity contribution in [1.82, 2.24) is 5.32 Å². The zero-order valence-corrected chi connectivity index (χ0v) is 21.8. The van der Waals surface area contributed by atoms with Crippen molar-refractivity contribution < 1.29 is 40.4 Å². The van der Waals surface area contributed by atoms with Crippen LogP contribution in [-0.4, -0.2) is 19.1 Å². The van der Waals surface area contributed by atoms with E-state index in [0.717, 1.165) is 11.1 Å². The number of hydrogen-bond acceptors (Lipinski definition) is 2. The van der Waals surface area contributed by atoms with Crippen molar-refractivity contribution in [1.29, 1.82) is 0 Å². The van der Waals surface area contributed by atoms with Crippen LogP contribution in [0, 0.1) is 0 Å². The summed E-state index contributed by atoms with van der Waals surface area (Å²) in [5.74, 6) is -0.741. The number of ether oxygens (including phenoxy) is 1. The molecule has 3 aromatic carbocycles. The summed E-state index contributed by atoms with van der Waals surface area (Å²) in [6.07, 6.45) is -6.31. The lowest BCUT2D eigenvalue weighted by molar-refractivity contribution is -0.688. The van der Waals surface area contributed by atoms with Gasteiger partial charge >= 0.3 is 12.4 Å². The molecule has 0 saturated heterocycles. The molecular formula is C31H27F6N2O2+. The molecule has 0 fully saturated rings. The number of rotatable bonds is 10. The molecule has 1 aromatic heterocycles. The molecule has 214 valence electrons. The van der Waals surface area contributed by atoms with Crippen molar-refractivity contribution in [3.63, 3.8) is 0 Å². The molecule has 41 heavy (non-hydrogen) atoms. The summed E-state index contributed by atoms with van der Waals surface area (Å²) >= 11 is 0. The predicted molar refractivity (Wildman–Crippen MR) is 140 cm³/mol. The van der Waals surface area contributed by atoms with Crippen LogP contribution in [0.5, 0.6) is 0 Å². The summed E-state index contributed by atoms with van der Waals surface area (Å²) in [4.78, 5) is 13.0. The third-order valence-corrected chi connectivity index (χ3v) is 6.34. The Bertz CT molecular complexity index is 1410. The lowest BCUT2D eigenvalue weighted by atomic mass is 10.00. The third kappa shape index (κ3) is 8.65. The van der Waals surface area contributed by atoms with Crippen LogP contribution in [0.3, 0.4) is 0 Å². The summed E-state index contributed by atoms with van der Waals surface area (Å²) in [6, 6.07) is 23.6. The molecule has 4 aromatic rings. The first kappa shape index (κ1) is 29.8. The van der Waals surface area contributed by atoms with E-state index in [-0.39, 0.29) is 30.7 Å². The average Bonchev–Trinajstić information content (AvgIpc) is 2.95. The van der Waals surface area contributed by atoms with Crippen molar-refractivity contribution in [2.24, 2.45) is 0 Å². The van der Waals surface area contributed by atoms with Crippen molar-refractivity contribution in [3.05, 3.63) is 137 Å². The Kier molecular flexibility index (Phi) is 9.44. The number of nitrogens with one attached hydrogen (secondary N) is 1. The van der Waals surface area contributed by atoms with Crippen LogP contribution in [0.2, 0.25) is 0 Å². The standard InChI is InChI=1S/C31H26F6N2O2/c32-30(33,34)27-14-23(15-28(16-27)31(35,36)37)20-41-21-26(24-10-5-2-6-11-24)17-38-29(40)25-12-7-13-39(19-25)18-22-8-3-1-4-9-22/h1-16,19,26H,17-18,20-21H2/p+1. The fourth-order valence-corrected chi connectivity index (χ4v) is 4.29. The van der Waals surface area contributed by atoms with Crippen molar-refractivity contribution in [2.45, 2.75) is 31.4 Å². The molecule has 0 saturated carbocycles. The SMILES string of the molecule is O=C(NCC(COCc1cc(C(F)(F)F)cc(C(F)(F)F)c1)c1ccccc1)c1ccc[n+](Cc2ccccc2)c1. The summed E-state index contributed by atoms with van der Waals surface area (Å²) in [7, 11) is 0. The normalized spacial score (nSPS) is 12.6. The van der Waals surface area contributed by atoms with Gasteiger partial charge in [0, 0.05) is 24.1 Å². The number of pyridine rings is 1. The maximum Gasteiger partial charge on any atom is 0.416 e. The minimum Gasteiger partial charge on any atom is -0.376 e. The van der Waals surface area contributed by atoms with E-state index >= 15 is 0 Å². The summed E-state index contributed by atoms with van der Waals surface area (Å²) < 4.78 is 86.7. The monoisotopic (exact) mass is 573 g/mol. The minimum absolute atomic E-state index is 0.0509. The van der Waals surface area contributed by atoms with E-state index < -0.39 is 36.0 Å². The first-order valence-corrected chi connectivity index (χ1v) is 12.7. The van der Waals surface area contributed by atoms with E-state index in [1.54, 1.807) is 36.5 Å². The van der Waals surface area contributed by atoms with Crippen molar-refractivity contribution in [2.75, 3.05) is 13.2 Å². The van der Waals surface area contributed by atoms with Crippen LogP contribution < -0.4 is 9.88 Å². The fourth-order valence-electron chi connectivity index (χ4n) is 4.29. The van der Waals surface area contributed by atoms with E-state index in [4.69, 9.17) is 4.74 Å². The second-order valence-corrected chi connectivity index (χ2v) is 9.50. The van der Waals surface area contributed by atoms with E-state index in [9.17, 15) is 31.1 Å². The van der Waals surface area contributed by atoms with E-state index in [0.29, 0.717) is 24.2 Å². The topological polar surface area (TPSA) is 42.2 Å². The molecule has 4 nitrogen and oxygen atoms in total. The molecule has 1 atom stereocenters. The van der Waals surface area contributed by atoms with Gasteiger partial charge in [-0.3, -0.25) is 4.79 Å². The third-order valence-electron chi connectivity index (χ3n) is 6.34. The number of amides is 1. The highest BCUT2D eigenvalue weighted by atomic mass is 19.4. The van der Waals surface area contributed by atoms with Crippen LogP contribution in [0.15, 0.2) is 103 Å². The number of alkyl halides is 6. The van der Waals surface area contributed by atoms with Gasteiger partial charge in [0.25, 0.3) is 5.91 Å². The van der Waals surface area contributed by atoms with Gasteiger partial charge in [0.15, 0.2) is 18.9 Å². The van der Waals surface area contributed by atoms with Gasteiger partial charge < -0.3 is 10.1 Å². The highest BCUT2D eigenvalue weighted by molar-refractivity contribution is 5.93. The van der Waals surface area contributed by atoms with Crippen LogP contribution in [-0.2, 0) is 30.2 Å².